The molecule has 2 heterocycles. The maximum atomic E-state index is 11.9. The third-order valence-electron chi connectivity index (χ3n) is 4.24. The van der Waals surface area contributed by atoms with Crippen LogP contribution in [-0.2, 0) is 6.42 Å². The summed E-state index contributed by atoms with van der Waals surface area (Å²) in [4.78, 5) is 17.8. The Morgan fingerprint density at radius 2 is 2.04 bits per heavy atom. The molecule has 0 spiro atoms. The van der Waals surface area contributed by atoms with Gasteiger partial charge in [-0.2, -0.15) is 0 Å². The highest BCUT2D eigenvalue weighted by atomic mass is 32.1. The zero-order valence-electron chi connectivity index (χ0n) is 12.5. The van der Waals surface area contributed by atoms with Gasteiger partial charge < -0.3 is 5.11 Å². The summed E-state index contributed by atoms with van der Waals surface area (Å²) in [7, 11) is 0. The number of hydrogen-bond acceptors (Lipinski definition) is 3. The van der Waals surface area contributed by atoms with Crippen LogP contribution in [0.4, 0.5) is 0 Å². The number of benzene rings is 1. The summed E-state index contributed by atoms with van der Waals surface area (Å²) in [6.45, 7) is 0. The maximum Gasteiger partial charge on any atom is 0.336 e. The van der Waals surface area contributed by atoms with E-state index < -0.39 is 5.97 Å². The highest BCUT2D eigenvalue weighted by molar-refractivity contribution is 7.10. The normalized spacial score (nSPS) is 15.7. The average Bonchev–Trinajstić information content (AvgIpc) is 3.06. The fourth-order valence-corrected chi connectivity index (χ4v) is 3.95. The molecule has 0 aliphatic heterocycles. The first-order valence-corrected chi connectivity index (χ1v) is 8.51. The minimum absolute atomic E-state index is 0.419. The van der Waals surface area contributed by atoms with Gasteiger partial charge in [-0.05, 0) is 54.0 Å². The van der Waals surface area contributed by atoms with E-state index in [1.54, 1.807) is 11.3 Å². The van der Waals surface area contributed by atoms with E-state index in [2.05, 4.69) is 12.1 Å². The number of rotatable bonds is 2. The van der Waals surface area contributed by atoms with Crippen molar-refractivity contribution in [2.24, 2.45) is 0 Å². The molecule has 0 radical (unpaired) electrons. The molecule has 0 bridgehead atoms. The summed E-state index contributed by atoms with van der Waals surface area (Å²) in [5, 5.41) is 12.5. The molecule has 0 unspecified atom stereocenters. The molecule has 3 aromatic rings. The first-order chi connectivity index (χ1) is 11.2. The van der Waals surface area contributed by atoms with Crippen LogP contribution in [0, 0.1) is 0 Å². The van der Waals surface area contributed by atoms with Crippen LogP contribution < -0.4 is 0 Å². The molecule has 0 saturated heterocycles. The van der Waals surface area contributed by atoms with Gasteiger partial charge in [0, 0.05) is 10.3 Å². The van der Waals surface area contributed by atoms with Gasteiger partial charge in [-0.3, -0.25) is 0 Å². The predicted molar refractivity (Wildman–Crippen MR) is 93.8 cm³/mol. The lowest BCUT2D eigenvalue weighted by atomic mass is 9.86. The summed E-state index contributed by atoms with van der Waals surface area (Å²) in [6.07, 6.45) is 4.83. The first kappa shape index (κ1) is 14.2. The van der Waals surface area contributed by atoms with E-state index >= 15 is 0 Å². The highest BCUT2D eigenvalue weighted by Gasteiger charge is 2.24. The predicted octanol–water partition coefficient (Wildman–Crippen LogP) is 4.87. The second kappa shape index (κ2) is 5.63. The Kier molecular flexibility index (Phi) is 3.46. The molecule has 0 fully saturated rings. The summed E-state index contributed by atoms with van der Waals surface area (Å²) >= 11 is 1.68. The van der Waals surface area contributed by atoms with Crippen molar-refractivity contribution in [3.05, 3.63) is 63.5 Å². The van der Waals surface area contributed by atoms with Crippen molar-refractivity contribution in [3.8, 4) is 0 Å². The summed E-state index contributed by atoms with van der Waals surface area (Å²) < 4.78 is 0. The monoisotopic (exact) mass is 321 g/mol. The molecule has 4 heteroatoms. The fraction of sp³-hybridized carbons (Fsp3) is 0.158. The van der Waals surface area contributed by atoms with Gasteiger partial charge in [0.15, 0.2) is 0 Å². The Hall–Kier alpha value is -2.46. The maximum absolute atomic E-state index is 11.9. The topological polar surface area (TPSA) is 50.2 Å². The lowest BCUT2D eigenvalue weighted by Crippen LogP contribution is -2.12. The van der Waals surface area contributed by atoms with Gasteiger partial charge in [0.25, 0.3) is 0 Å². The van der Waals surface area contributed by atoms with E-state index in [0.717, 1.165) is 47.0 Å². The van der Waals surface area contributed by atoms with E-state index in [9.17, 15) is 9.90 Å². The molecule has 23 heavy (non-hydrogen) atoms. The van der Waals surface area contributed by atoms with Crippen molar-refractivity contribution in [1.29, 1.82) is 0 Å². The standard InChI is InChI=1S/C19H15NO2S/c21-19(22)17-14-7-1-2-9-16(14)20-18-12(5-3-8-15(17)18)11-13-6-4-10-23-13/h1-2,4,6-7,9-11H,3,5,8H2,(H,21,22). The number of carboxylic acids is 1. The molecule has 1 aliphatic carbocycles. The third kappa shape index (κ3) is 2.45. The van der Waals surface area contributed by atoms with Gasteiger partial charge >= 0.3 is 5.97 Å². The number of thiophene rings is 1. The molecule has 1 N–H and O–H groups in total. The van der Waals surface area contributed by atoms with Crippen molar-refractivity contribution < 1.29 is 9.90 Å². The van der Waals surface area contributed by atoms with Crippen LogP contribution in [0.2, 0.25) is 0 Å². The van der Waals surface area contributed by atoms with Crippen molar-refractivity contribution in [1.82, 2.24) is 4.98 Å². The number of aromatic carboxylic acids is 1. The summed E-state index contributed by atoms with van der Waals surface area (Å²) in [5.41, 5.74) is 4.05. The Morgan fingerprint density at radius 3 is 2.83 bits per heavy atom. The van der Waals surface area contributed by atoms with Gasteiger partial charge in [-0.1, -0.05) is 24.3 Å². The van der Waals surface area contributed by atoms with Gasteiger partial charge in [0.05, 0.1) is 16.8 Å². The molecule has 0 atom stereocenters. The molecule has 2 aromatic heterocycles. The number of fused-ring (bicyclic) bond motifs is 2. The Morgan fingerprint density at radius 1 is 1.17 bits per heavy atom. The van der Waals surface area contributed by atoms with Crippen molar-refractivity contribution in [2.75, 3.05) is 0 Å². The number of pyridine rings is 1. The minimum atomic E-state index is -0.864. The van der Waals surface area contributed by atoms with Crippen LogP contribution >= 0.6 is 11.3 Å². The van der Waals surface area contributed by atoms with Crippen LogP contribution in [0.5, 0.6) is 0 Å². The Bertz CT molecular complexity index is 926. The average molecular weight is 321 g/mol. The summed E-state index contributed by atoms with van der Waals surface area (Å²) in [5.74, 6) is -0.864. The number of allylic oxidation sites excluding steroid dienone is 1. The molecule has 0 saturated carbocycles. The Labute approximate surface area is 137 Å². The van der Waals surface area contributed by atoms with Crippen molar-refractivity contribution >= 4 is 39.9 Å². The molecule has 1 aliphatic rings. The lowest BCUT2D eigenvalue weighted by molar-refractivity contribution is 0.0697. The second-order valence-corrected chi connectivity index (χ2v) is 6.65. The largest absolute Gasteiger partial charge is 0.478 e. The van der Waals surface area contributed by atoms with Gasteiger partial charge in [0.2, 0.25) is 0 Å². The van der Waals surface area contributed by atoms with E-state index in [0.29, 0.717) is 5.56 Å². The summed E-state index contributed by atoms with van der Waals surface area (Å²) in [6, 6.07) is 11.6. The van der Waals surface area contributed by atoms with Crippen LogP contribution in [0.25, 0.3) is 22.6 Å². The van der Waals surface area contributed by atoms with Gasteiger partial charge in [0.1, 0.15) is 0 Å². The SMILES string of the molecule is O=C(O)c1c2c(nc3ccccc13)C(=Cc1cccs1)CCC2. The van der Waals surface area contributed by atoms with Crippen molar-refractivity contribution in [3.63, 3.8) is 0 Å². The van der Waals surface area contributed by atoms with Crippen LogP contribution in [0.3, 0.4) is 0 Å². The number of carbonyl (C=O) groups is 1. The number of carboxylic acid groups (broad SMARTS) is 1. The van der Waals surface area contributed by atoms with Crippen LogP contribution in [0.15, 0.2) is 41.8 Å². The number of nitrogens with zero attached hydrogens (tertiary/aromatic N) is 1. The molecule has 0 amide bonds. The van der Waals surface area contributed by atoms with Crippen molar-refractivity contribution in [2.45, 2.75) is 19.3 Å². The third-order valence-corrected chi connectivity index (χ3v) is 5.06. The smallest absolute Gasteiger partial charge is 0.336 e. The minimum Gasteiger partial charge on any atom is -0.478 e. The van der Waals surface area contributed by atoms with Crippen LogP contribution in [-0.4, -0.2) is 16.1 Å². The van der Waals surface area contributed by atoms with E-state index in [4.69, 9.17) is 4.98 Å². The molecule has 4 rings (SSSR count). The van der Waals surface area contributed by atoms with Gasteiger partial charge in [-0.25, -0.2) is 9.78 Å². The van der Waals surface area contributed by atoms with Crippen LogP contribution in [0.1, 0.15) is 39.3 Å². The number of para-hydroxylation sites is 1. The second-order valence-electron chi connectivity index (χ2n) is 5.67. The lowest BCUT2D eigenvalue weighted by Gasteiger charge is -2.21. The molecule has 1 aromatic carbocycles. The van der Waals surface area contributed by atoms with E-state index in [1.807, 2.05) is 35.7 Å². The quantitative estimate of drug-likeness (QED) is 0.732. The number of aromatic nitrogens is 1. The molecule has 114 valence electrons. The fourth-order valence-electron chi connectivity index (χ4n) is 3.26. The van der Waals surface area contributed by atoms with E-state index in [-0.39, 0.29) is 0 Å². The number of hydrogen-bond donors (Lipinski definition) is 1. The Balaban J connectivity index is 2.01. The highest BCUT2D eigenvalue weighted by Crippen LogP contribution is 2.36. The first-order valence-electron chi connectivity index (χ1n) is 7.63. The molecular formula is C19H15NO2S. The molecule has 3 nitrogen and oxygen atoms in total. The molecular weight excluding hydrogens is 306 g/mol. The van der Waals surface area contributed by atoms with E-state index in [1.165, 1.54) is 4.88 Å². The zero-order valence-corrected chi connectivity index (χ0v) is 13.3. The zero-order chi connectivity index (χ0) is 15.8. The van der Waals surface area contributed by atoms with Gasteiger partial charge in [-0.15, -0.1) is 11.3 Å².